The number of hydrogen-bond acceptors (Lipinski definition) is 3. The summed E-state index contributed by atoms with van der Waals surface area (Å²) in [5, 5.41) is 0. The first-order valence-electron chi connectivity index (χ1n) is 7.08. The van der Waals surface area contributed by atoms with Crippen molar-refractivity contribution in [1.29, 1.82) is 0 Å². The maximum Gasteiger partial charge on any atom is 0.200 e. The number of benzene rings is 2. The van der Waals surface area contributed by atoms with E-state index in [-0.39, 0.29) is 5.78 Å². The van der Waals surface area contributed by atoms with Crippen LogP contribution in [-0.2, 0) is 0 Å². The van der Waals surface area contributed by atoms with Crippen LogP contribution in [0.3, 0.4) is 0 Å². The van der Waals surface area contributed by atoms with Crippen molar-refractivity contribution in [2.24, 2.45) is 0 Å². The van der Waals surface area contributed by atoms with Gasteiger partial charge in [-0.15, -0.1) is 0 Å². The highest BCUT2D eigenvalue weighted by molar-refractivity contribution is 6.12. The molecule has 3 nitrogen and oxygen atoms in total. The molecule has 0 aliphatic heterocycles. The van der Waals surface area contributed by atoms with Crippen LogP contribution in [0.15, 0.2) is 42.5 Å². The molecule has 2 aromatic carbocycles. The first-order valence-corrected chi connectivity index (χ1v) is 7.08. The van der Waals surface area contributed by atoms with Crippen LogP contribution in [-0.4, -0.2) is 19.5 Å². The topological polar surface area (TPSA) is 35.5 Å². The number of hydrogen-bond donors (Lipinski definition) is 0. The Morgan fingerprint density at radius 3 is 2.52 bits per heavy atom. The van der Waals surface area contributed by atoms with Crippen molar-refractivity contribution in [2.75, 3.05) is 13.7 Å². The Morgan fingerprint density at radius 2 is 1.81 bits per heavy atom. The predicted octanol–water partition coefficient (Wildman–Crippen LogP) is 4.02. The Hall–Kier alpha value is -2.29. The Morgan fingerprint density at radius 1 is 1.05 bits per heavy atom. The van der Waals surface area contributed by atoms with E-state index < -0.39 is 0 Å². The zero-order valence-corrected chi connectivity index (χ0v) is 12.7. The van der Waals surface area contributed by atoms with E-state index in [4.69, 9.17) is 9.47 Å². The molecule has 0 bridgehead atoms. The van der Waals surface area contributed by atoms with Gasteiger partial charge in [-0.2, -0.15) is 0 Å². The van der Waals surface area contributed by atoms with Gasteiger partial charge in [0, 0.05) is 0 Å². The van der Waals surface area contributed by atoms with Crippen molar-refractivity contribution in [3.05, 3.63) is 59.2 Å². The molecule has 0 heterocycles. The number of rotatable bonds is 6. The first-order chi connectivity index (χ1) is 10.2. The second-order valence-corrected chi connectivity index (χ2v) is 4.88. The highest BCUT2D eigenvalue weighted by Gasteiger charge is 2.18. The Kier molecular flexibility index (Phi) is 4.99. The van der Waals surface area contributed by atoms with Gasteiger partial charge in [-0.1, -0.05) is 30.7 Å². The molecule has 0 spiro atoms. The number of methoxy groups -OCH3 is 1. The third kappa shape index (κ3) is 3.43. The average Bonchev–Trinajstić information content (AvgIpc) is 2.52. The van der Waals surface area contributed by atoms with Crippen LogP contribution in [0.2, 0.25) is 0 Å². The van der Waals surface area contributed by atoms with E-state index in [0.717, 1.165) is 12.0 Å². The van der Waals surface area contributed by atoms with Gasteiger partial charge in [0.25, 0.3) is 0 Å². The van der Waals surface area contributed by atoms with E-state index in [1.54, 1.807) is 13.2 Å². The van der Waals surface area contributed by atoms with Crippen LogP contribution >= 0.6 is 0 Å². The van der Waals surface area contributed by atoms with E-state index in [1.807, 2.05) is 50.2 Å². The number of carbonyl (C=O) groups excluding carboxylic acids is 1. The summed E-state index contributed by atoms with van der Waals surface area (Å²) in [6, 6.07) is 12.9. The summed E-state index contributed by atoms with van der Waals surface area (Å²) in [7, 11) is 1.57. The van der Waals surface area contributed by atoms with Gasteiger partial charge in [-0.3, -0.25) is 4.79 Å². The summed E-state index contributed by atoms with van der Waals surface area (Å²) in [5.74, 6) is 1.12. The molecule has 2 rings (SSSR count). The largest absolute Gasteiger partial charge is 0.496 e. The summed E-state index contributed by atoms with van der Waals surface area (Å²) >= 11 is 0. The lowest BCUT2D eigenvalue weighted by molar-refractivity contribution is 0.103. The number of aryl methyl sites for hydroxylation is 1. The molecule has 0 fully saturated rings. The van der Waals surface area contributed by atoms with E-state index >= 15 is 0 Å². The van der Waals surface area contributed by atoms with Gasteiger partial charge in [-0.25, -0.2) is 0 Å². The minimum atomic E-state index is -0.0812. The highest BCUT2D eigenvalue weighted by atomic mass is 16.5. The molecule has 0 N–H and O–H groups in total. The molecule has 110 valence electrons. The van der Waals surface area contributed by atoms with Crippen LogP contribution in [0.4, 0.5) is 0 Å². The Bertz CT molecular complexity index is 632. The molecule has 2 aromatic rings. The first kappa shape index (κ1) is 15.1. The molecule has 3 heteroatoms. The summed E-state index contributed by atoms with van der Waals surface area (Å²) in [6.07, 6.45) is 0.899. The maximum atomic E-state index is 12.8. The Labute approximate surface area is 125 Å². The molecule has 0 aliphatic carbocycles. The third-order valence-corrected chi connectivity index (χ3v) is 3.19. The average molecular weight is 284 g/mol. The summed E-state index contributed by atoms with van der Waals surface area (Å²) in [4.78, 5) is 12.8. The molecular formula is C18H20O3. The predicted molar refractivity (Wildman–Crippen MR) is 83.4 cm³/mol. The van der Waals surface area contributed by atoms with Crippen LogP contribution in [0, 0.1) is 6.92 Å². The summed E-state index contributed by atoms with van der Waals surface area (Å²) in [5.41, 5.74) is 2.14. The van der Waals surface area contributed by atoms with Gasteiger partial charge in [-0.05, 0) is 37.6 Å². The molecule has 0 saturated heterocycles. The molecule has 0 saturated carbocycles. The highest BCUT2D eigenvalue weighted by Crippen LogP contribution is 2.27. The summed E-state index contributed by atoms with van der Waals surface area (Å²) in [6.45, 7) is 4.58. The van der Waals surface area contributed by atoms with Crippen molar-refractivity contribution < 1.29 is 14.3 Å². The second kappa shape index (κ2) is 6.93. The van der Waals surface area contributed by atoms with E-state index in [2.05, 4.69) is 0 Å². The zero-order chi connectivity index (χ0) is 15.2. The van der Waals surface area contributed by atoms with Gasteiger partial charge in [0.15, 0.2) is 5.78 Å². The molecule has 0 radical (unpaired) electrons. The lowest BCUT2D eigenvalue weighted by Gasteiger charge is -2.12. The van der Waals surface area contributed by atoms with Gasteiger partial charge in [0.1, 0.15) is 11.5 Å². The van der Waals surface area contributed by atoms with Crippen LogP contribution in [0.25, 0.3) is 0 Å². The van der Waals surface area contributed by atoms with Gasteiger partial charge in [0.2, 0.25) is 0 Å². The molecule has 0 atom stereocenters. The van der Waals surface area contributed by atoms with Crippen LogP contribution in [0.5, 0.6) is 11.5 Å². The van der Waals surface area contributed by atoms with E-state index in [0.29, 0.717) is 29.2 Å². The van der Waals surface area contributed by atoms with Crippen LogP contribution in [0.1, 0.15) is 34.8 Å². The van der Waals surface area contributed by atoms with Crippen molar-refractivity contribution in [3.8, 4) is 11.5 Å². The molecule has 0 aliphatic rings. The number of ether oxygens (including phenoxy) is 2. The van der Waals surface area contributed by atoms with Gasteiger partial charge in [0.05, 0.1) is 24.8 Å². The Balaban J connectivity index is 2.43. The number of para-hydroxylation sites is 1. The lowest BCUT2D eigenvalue weighted by atomic mass is 10.00. The monoisotopic (exact) mass is 284 g/mol. The summed E-state index contributed by atoms with van der Waals surface area (Å²) < 4.78 is 11.0. The van der Waals surface area contributed by atoms with Crippen molar-refractivity contribution >= 4 is 5.78 Å². The molecule has 0 amide bonds. The SMILES string of the molecule is CCCOc1ccccc1C(=O)c1cc(C)ccc1OC. The van der Waals surface area contributed by atoms with Gasteiger partial charge >= 0.3 is 0 Å². The zero-order valence-electron chi connectivity index (χ0n) is 12.7. The van der Waals surface area contributed by atoms with Gasteiger partial charge < -0.3 is 9.47 Å². The van der Waals surface area contributed by atoms with E-state index in [1.165, 1.54) is 0 Å². The fourth-order valence-corrected chi connectivity index (χ4v) is 2.14. The smallest absolute Gasteiger partial charge is 0.200 e. The molecule has 0 aromatic heterocycles. The van der Waals surface area contributed by atoms with Crippen LogP contribution < -0.4 is 9.47 Å². The number of carbonyl (C=O) groups is 1. The minimum absolute atomic E-state index is 0.0812. The lowest BCUT2D eigenvalue weighted by Crippen LogP contribution is -2.08. The fourth-order valence-electron chi connectivity index (χ4n) is 2.14. The van der Waals surface area contributed by atoms with Crippen molar-refractivity contribution in [3.63, 3.8) is 0 Å². The fraction of sp³-hybridized carbons (Fsp3) is 0.278. The normalized spacial score (nSPS) is 10.2. The molecular weight excluding hydrogens is 264 g/mol. The van der Waals surface area contributed by atoms with E-state index in [9.17, 15) is 4.79 Å². The standard InChI is InChI=1S/C18H20O3/c1-4-11-21-17-8-6-5-7-14(17)18(19)15-12-13(2)9-10-16(15)20-3/h5-10,12H,4,11H2,1-3H3. The molecule has 0 unspecified atom stereocenters. The molecule has 21 heavy (non-hydrogen) atoms. The maximum absolute atomic E-state index is 12.8. The van der Waals surface area contributed by atoms with Crippen molar-refractivity contribution in [2.45, 2.75) is 20.3 Å². The number of ketones is 1. The third-order valence-electron chi connectivity index (χ3n) is 3.19. The van der Waals surface area contributed by atoms with Crippen molar-refractivity contribution in [1.82, 2.24) is 0 Å². The minimum Gasteiger partial charge on any atom is -0.496 e. The second-order valence-electron chi connectivity index (χ2n) is 4.88. The quantitative estimate of drug-likeness (QED) is 0.751.